The zero-order valence-corrected chi connectivity index (χ0v) is 13.2. The van der Waals surface area contributed by atoms with Gasteiger partial charge in [0.1, 0.15) is 6.54 Å². The fraction of sp³-hybridized carbons (Fsp3) is 0.278. The van der Waals surface area contributed by atoms with E-state index in [9.17, 15) is 9.59 Å². The molecule has 0 bridgehead atoms. The van der Waals surface area contributed by atoms with Crippen molar-refractivity contribution in [3.8, 4) is 0 Å². The second-order valence-corrected chi connectivity index (χ2v) is 6.17. The van der Waals surface area contributed by atoms with E-state index < -0.39 is 5.41 Å². The number of hydrogen-bond acceptors (Lipinski definition) is 3. The lowest BCUT2D eigenvalue weighted by molar-refractivity contribution is -0.125. The van der Waals surface area contributed by atoms with Gasteiger partial charge in [-0.2, -0.15) is 0 Å². The maximum Gasteiger partial charge on any atom is 0.240 e. The minimum atomic E-state index is -0.595. The van der Waals surface area contributed by atoms with E-state index >= 15 is 0 Å². The number of carbonyl (C=O) groups excluding carboxylic acids is 2. The fourth-order valence-corrected chi connectivity index (χ4v) is 2.86. The van der Waals surface area contributed by atoms with Crippen molar-refractivity contribution in [1.82, 2.24) is 10.3 Å². The molecule has 0 radical (unpaired) electrons. The highest BCUT2D eigenvalue weighted by Crippen LogP contribution is 2.40. The summed E-state index contributed by atoms with van der Waals surface area (Å²) in [7, 11) is 0. The third-order valence-corrected chi connectivity index (χ3v) is 4.19. The number of para-hydroxylation sites is 1. The van der Waals surface area contributed by atoms with Crippen LogP contribution in [0.5, 0.6) is 0 Å². The molecule has 5 heteroatoms. The van der Waals surface area contributed by atoms with Crippen LogP contribution in [0.4, 0.5) is 5.69 Å². The van der Waals surface area contributed by atoms with Crippen molar-refractivity contribution < 1.29 is 9.59 Å². The van der Waals surface area contributed by atoms with E-state index in [0.29, 0.717) is 6.54 Å². The van der Waals surface area contributed by atoms with Crippen molar-refractivity contribution in [1.29, 1.82) is 0 Å². The average Bonchev–Trinajstić information content (AvgIpc) is 2.75. The first-order chi connectivity index (χ1) is 11.0. The number of fused-ring (bicyclic) bond motifs is 1. The monoisotopic (exact) mass is 309 g/mol. The normalized spacial score (nSPS) is 15.4. The van der Waals surface area contributed by atoms with E-state index in [1.807, 2.05) is 50.2 Å². The molecule has 1 aliphatic rings. The lowest BCUT2D eigenvalue weighted by atomic mass is 9.86. The second kappa shape index (κ2) is 5.83. The molecule has 118 valence electrons. The molecule has 1 aromatic heterocycles. The van der Waals surface area contributed by atoms with Gasteiger partial charge in [0.05, 0.1) is 5.41 Å². The van der Waals surface area contributed by atoms with Gasteiger partial charge < -0.3 is 10.2 Å². The van der Waals surface area contributed by atoms with Crippen LogP contribution in [-0.4, -0.2) is 23.3 Å². The Morgan fingerprint density at radius 2 is 1.87 bits per heavy atom. The number of hydrogen-bond donors (Lipinski definition) is 1. The largest absolute Gasteiger partial charge is 0.350 e. The molecular formula is C18H19N3O2. The molecule has 0 unspecified atom stereocenters. The van der Waals surface area contributed by atoms with Crippen molar-refractivity contribution in [2.24, 2.45) is 0 Å². The Morgan fingerprint density at radius 3 is 2.61 bits per heavy atom. The predicted octanol–water partition coefficient (Wildman–Crippen LogP) is 2.02. The lowest BCUT2D eigenvalue weighted by Gasteiger charge is -2.20. The Balaban J connectivity index is 1.70. The van der Waals surface area contributed by atoms with Gasteiger partial charge in [-0.05, 0) is 43.2 Å². The molecule has 0 fully saturated rings. The number of pyridine rings is 1. The summed E-state index contributed by atoms with van der Waals surface area (Å²) < 4.78 is 0. The highest BCUT2D eigenvalue weighted by atomic mass is 16.2. The Morgan fingerprint density at radius 1 is 1.17 bits per heavy atom. The molecule has 5 nitrogen and oxygen atoms in total. The zero-order valence-electron chi connectivity index (χ0n) is 13.2. The molecule has 23 heavy (non-hydrogen) atoms. The molecule has 0 spiro atoms. The van der Waals surface area contributed by atoms with Crippen LogP contribution < -0.4 is 10.2 Å². The predicted molar refractivity (Wildman–Crippen MR) is 87.9 cm³/mol. The van der Waals surface area contributed by atoms with Crippen molar-refractivity contribution in [3.05, 3.63) is 59.9 Å². The Bertz CT molecular complexity index is 741. The molecule has 1 aliphatic heterocycles. The molecule has 2 aromatic rings. The van der Waals surface area contributed by atoms with Crippen LogP contribution in [0, 0.1) is 0 Å². The summed E-state index contributed by atoms with van der Waals surface area (Å²) in [4.78, 5) is 30.4. The van der Waals surface area contributed by atoms with Gasteiger partial charge in [0.25, 0.3) is 0 Å². The first-order valence-electron chi connectivity index (χ1n) is 7.57. The van der Waals surface area contributed by atoms with Crippen LogP contribution in [-0.2, 0) is 21.5 Å². The number of aromatic nitrogens is 1. The molecule has 0 saturated heterocycles. The number of rotatable bonds is 4. The first-order valence-corrected chi connectivity index (χ1v) is 7.57. The standard InChI is InChI=1S/C18H19N3O2/c1-18(2)14-5-3-4-6-15(14)21(17(18)23)12-16(22)20-11-13-7-9-19-10-8-13/h3-10H,11-12H2,1-2H3,(H,20,22). The Labute approximate surface area is 135 Å². The number of carbonyl (C=O) groups is 2. The van der Waals surface area contributed by atoms with Gasteiger partial charge >= 0.3 is 0 Å². The average molecular weight is 309 g/mol. The summed E-state index contributed by atoms with van der Waals surface area (Å²) in [6, 6.07) is 11.3. The van der Waals surface area contributed by atoms with Crippen LogP contribution in [0.1, 0.15) is 25.0 Å². The number of anilines is 1. The van der Waals surface area contributed by atoms with Gasteiger partial charge in [0, 0.05) is 24.6 Å². The van der Waals surface area contributed by atoms with E-state index in [4.69, 9.17) is 0 Å². The third kappa shape index (κ3) is 2.82. The minimum Gasteiger partial charge on any atom is -0.350 e. The van der Waals surface area contributed by atoms with Crippen molar-refractivity contribution >= 4 is 17.5 Å². The van der Waals surface area contributed by atoms with Crippen molar-refractivity contribution in [2.75, 3.05) is 11.4 Å². The molecule has 0 aliphatic carbocycles. The van der Waals surface area contributed by atoms with E-state index in [-0.39, 0.29) is 18.4 Å². The SMILES string of the molecule is CC1(C)C(=O)N(CC(=O)NCc2ccncc2)c2ccccc21. The maximum absolute atomic E-state index is 12.6. The first kappa shape index (κ1) is 15.2. The van der Waals surface area contributed by atoms with Gasteiger partial charge in [-0.25, -0.2) is 0 Å². The molecule has 1 aromatic carbocycles. The van der Waals surface area contributed by atoms with Crippen molar-refractivity contribution in [3.63, 3.8) is 0 Å². The summed E-state index contributed by atoms with van der Waals surface area (Å²) in [6.07, 6.45) is 3.37. The van der Waals surface area contributed by atoms with E-state index in [1.54, 1.807) is 17.3 Å². The third-order valence-electron chi connectivity index (χ3n) is 4.19. The van der Waals surface area contributed by atoms with Crippen LogP contribution >= 0.6 is 0 Å². The summed E-state index contributed by atoms with van der Waals surface area (Å²) >= 11 is 0. The quantitative estimate of drug-likeness (QED) is 0.940. The Kier molecular flexibility index (Phi) is 3.86. The van der Waals surface area contributed by atoms with Crippen LogP contribution in [0.15, 0.2) is 48.8 Å². The van der Waals surface area contributed by atoms with Crippen molar-refractivity contribution in [2.45, 2.75) is 25.8 Å². The van der Waals surface area contributed by atoms with Crippen LogP contribution in [0.25, 0.3) is 0 Å². The summed E-state index contributed by atoms with van der Waals surface area (Å²) in [5, 5.41) is 2.84. The van der Waals surface area contributed by atoms with Gasteiger partial charge in [-0.1, -0.05) is 18.2 Å². The minimum absolute atomic E-state index is 0.0321. The molecule has 2 heterocycles. The summed E-state index contributed by atoms with van der Waals surface area (Å²) in [6.45, 7) is 4.24. The summed E-state index contributed by atoms with van der Waals surface area (Å²) in [5.74, 6) is -0.222. The number of amides is 2. The van der Waals surface area contributed by atoms with Gasteiger partial charge in [0.15, 0.2) is 0 Å². The second-order valence-electron chi connectivity index (χ2n) is 6.17. The molecule has 0 atom stereocenters. The number of benzene rings is 1. The van der Waals surface area contributed by atoms with E-state index in [0.717, 1.165) is 16.8 Å². The lowest BCUT2D eigenvalue weighted by Crippen LogP contribution is -2.42. The molecule has 2 amide bonds. The van der Waals surface area contributed by atoms with Gasteiger partial charge in [0.2, 0.25) is 11.8 Å². The highest BCUT2D eigenvalue weighted by molar-refractivity contribution is 6.10. The molecular weight excluding hydrogens is 290 g/mol. The maximum atomic E-state index is 12.6. The number of nitrogens with zero attached hydrogens (tertiary/aromatic N) is 2. The van der Waals surface area contributed by atoms with Gasteiger partial charge in [-0.3, -0.25) is 14.6 Å². The smallest absolute Gasteiger partial charge is 0.240 e. The molecule has 0 saturated carbocycles. The molecule has 3 rings (SSSR count). The van der Waals surface area contributed by atoms with Crippen LogP contribution in [0.2, 0.25) is 0 Å². The fourth-order valence-electron chi connectivity index (χ4n) is 2.86. The highest BCUT2D eigenvalue weighted by Gasteiger charge is 2.43. The van der Waals surface area contributed by atoms with Gasteiger partial charge in [-0.15, -0.1) is 0 Å². The summed E-state index contributed by atoms with van der Waals surface area (Å²) in [5.41, 5.74) is 2.16. The van der Waals surface area contributed by atoms with E-state index in [1.165, 1.54) is 0 Å². The van der Waals surface area contributed by atoms with Crippen LogP contribution in [0.3, 0.4) is 0 Å². The number of nitrogens with one attached hydrogen (secondary N) is 1. The molecule has 1 N–H and O–H groups in total. The Hall–Kier alpha value is -2.69. The zero-order chi connectivity index (χ0) is 16.4. The topological polar surface area (TPSA) is 62.3 Å². The van der Waals surface area contributed by atoms with E-state index in [2.05, 4.69) is 10.3 Å².